The first-order valence-corrected chi connectivity index (χ1v) is 13.5. The van der Waals surface area contributed by atoms with E-state index < -0.39 is 24.0 Å². The Morgan fingerprint density at radius 2 is 1.97 bits per heavy atom. The van der Waals surface area contributed by atoms with Crippen LogP contribution in [0, 0.1) is 18.3 Å². The van der Waals surface area contributed by atoms with Crippen molar-refractivity contribution in [3.05, 3.63) is 55.7 Å². The molecule has 206 valence electrons. The van der Waals surface area contributed by atoms with Crippen LogP contribution in [-0.2, 0) is 22.6 Å². The fourth-order valence-corrected chi connectivity index (χ4v) is 5.38. The molecular weight excluding hydrogens is 540 g/mol. The molecule has 2 aromatic rings. The fraction of sp³-hybridized carbons (Fsp3) is 0.370. The number of rotatable bonds is 12. The lowest BCUT2D eigenvalue weighted by Gasteiger charge is -2.20. The van der Waals surface area contributed by atoms with Crippen LogP contribution in [0.15, 0.2) is 27.9 Å². The van der Waals surface area contributed by atoms with Crippen molar-refractivity contribution in [2.24, 2.45) is 0 Å². The number of thiocarbonyl (C=S) groups is 1. The number of pyridine rings is 1. The molecule has 1 fully saturated rings. The summed E-state index contributed by atoms with van der Waals surface area (Å²) in [4.78, 5) is 38.7. The van der Waals surface area contributed by atoms with Gasteiger partial charge in [-0.1, -0.05) is 43.4 Å². The van der Waals surface area contributed by atoms with E-state index in [9.17, 15) is 19.6 Å². The average Bonchev–Trinajstić information content (AvgIpc) is 3.17. The van der Waals surface area contributed by atoms with Crippen LogP contribution < -0.4 is 20.3 Å². The van der Waals surface area contributed by atoms with E-state index in [1.165, 1.54) is 4.57 Å². The van der Waals surface area contributed by atoms with Crippen molar-refractivity contribution in [2.45, 2.75) is 39.7 Å². The number of methoxy groups -OCH3 is 2. The van der Waals surface area contributed by atoms with Gasteiger partial charge in [-0.3, -0.25) is 23.9 Å². The smallest absolute Gasteiger partial charge is 0.323 e. The van der Waals surface area contributed by atoms with Crippen LogP contribution in [0.2, 0.25) is 0 Å². The number of carbonyl (C=O) groups excluding carboxylic acids is 1. The highest BCUT2D eigenvalue weighted by Gasteiger charge is 2.34. The zero-order chi connectivity index (χ0) is 28.7. The van der Waals surface area contributed by atoms with Gasteiger partial charge in [0.15, 0.2) is 11.5 Å². The molecule has 12 heteroatoms. The number of nitrogens with one attached hydrogen (secondary N) is 1. The molecule has 0 unspecified atom stereocenters. The maximum atomic E-state index is 13.3. The van der Waals surface area contributed by atoms with E-state index >= 15 is 0 Å². The minimum atomic E-state index is -1.18. The Bertz CT molecular complexity index is 1430. The van der Waals surface area contributed by atoms with Crippen molar-refractivity contribution in [3.8, 4) is 17.6 Å². The average molecular weight is 571 g/mol. The summed E-state index contributed by atoms with van der Waals surface area (Å²) >= 11 is 6.22. The molecule has 2 heterocycles. The molecule has 1 aromatic carbocycles. The summed E-state index contributed by atoms with van der Waals surface area (Å²) in [6.07, 6.45) is 3.70. The van der Waals surface area contributed by atoms with Crippen LogP contribution >= 0.6 is 24.0 Å². The number of unbranched alkanes of at least 4 members (excludes halogenated alkanes) is 1. The summed E-state index contributed by atoms with van der Waals surface area (Å²) < 4.78 is 12.4. The maximum absolute atomic E-state index is 13.3. The van der Waals surface area contributed by atoms with Gasteiger partial charge in [0.25, 0.3) is 11.5 Å². The molecule has 1 aliphatic rings. The standard InChI is InChI=1S/C27H30N4O6S2/c1-5-6-11-30-24(29-10-9-17-7-8-20(36-3)21(12-17)37-4)18(16(2)19(14-28)25(30)34)13-22-26(35)31(15-23(32)33)27(38)39-22/h7-8,12-13,29H,5-6,9-11,15H2,1-4H3,(H,32,33)/b22-13+. The molecule has 3 rings (SSSR count). The van der Waals surface area contributed by atoms with E-state index in [1.54, 1.807) is 27.2 Å². The number of nitrogens with zero attached hydrogens (tertiary/aromatic N) is 3. The second kappa shape index (κ2) is 13.3. The summed E-state index contributed by atoms with van der Waals surface area (Å²) in [7, 11) is 3.14. The Morgan fingerprint density at radius 1 is 1.26 bits per heavy atom. The van der Waals surface area contributed by atoms with Gasteiger partial charge in [-0.05, 0) is 49.1 Å². The van der Waals surface area contributed by atoms with Gasteiger partial charge >= 0.3 is 5.97 Å². The zero-order valence-corrected chi connectivity index (χ0v) is 23.8. The van der Waals surface area contributed by atoms with E-state index in [0.29, 0.717) is 54.4 Å². The Kier molecular flexibility index (Phi) is 10.1. The van der Waals surface area contributed by atoms with Crippen molar-refractivity contribution in [3.63, 3.8) is 0 Å². The number of carbonyl (C=O) groups is 2. The number of hydrogen-bond donors (Lipinski definition) is 2. The molecule has 0 atom stereocenters. The van der Waals surface area contributed by atoms with Gasteiger partial charge in [0, 0.05) is 18.7 Å². The van der Waals surface area contributed by atoms with Crippen LogP contribution in [0.3, 0.4) is 0 Å². The first kappa shape index (κ1) is 29.7. The van der Waals surface area contributed by atoms with Gasteiger partial charge in [-0.2, -0.15) is 5.26 Å². The van der Waals surface area contributed by atoms with Gasteiger partial charge in [0.1, 0.15) is 28.3 Å². The van der Waals surface area contributed by atoms with E-state index in [2.05, 4.69) is 5.32 Å². The monoisotopic (exact) mass is 570 g/mol. The minimum absolute atomic E-state index is 0.0104. The summed E-state index contributed by atoms with van der Waals surface area (Å²) in [6.45, 7) is 3.94. The Hall–Kier alpha value is -3.82. The molecule has 2 N–H and O–H groups in total. The van der Waals surface area contributed by atoms with Gasteiger partial charge in [0.05, 0.1) is 19.1 Å². The number of aromatic nitrogens is 1. The maximum Gasteiger partial charge on any atom is 0.323 e. The minimum Gasteiger partial charge on any atom is -0.493 e. The highest BCUT2D eigenvalue weighted by atomic mass is 32.2. The van der Waals surface area contributed by atoms with Gasteiger partial charge < -0.3 is 19.9 Å². The molecule has 39 heavy (non-hydrogen) atoms. The first-order chi connectivity index (χ1) is 18.7. The largest absolute Gasteiger partial charge is 0.493 e. The van der Waals surface area contributed by atoms with Crippen LogP contribution in [-0.4, -0.2) is 58.1 Å². The predicted molar refractivity (Wildman–Crippen MR) is 154 cm³/mol. The number of amides is 1. The van der Waals surface area contributed by atoms with E-state index in [1.807, 2.05) is 31.2 Å². The normalized spacial score (nSPS) is 14.0. The summed E-state index contributed by atoms with van der Waals surface area (Å²) in [6, 6.07) is 7.63. The summed E-state index contributed by atoms with van der Waals surface area (Å²) in [5.74, 6) is -0.0102. The quantitative estimate of drug-likeness (QED) is 0.287. The second-order valence-corrected chi connectivity index (χ2v) is 10.4. The molecule has 0 radical (unpaired) electrons. The second-order valence-electron chi connectivity index (χ2n) is 8.71. The number of aliphatic carboxylic acids is 1. The SMILES string of the molecule is CCCCn1c(NCCc2ccc(OC)c(OC)c2)c(/C=C2/SC(=S)N(CC(=O)O)C2=O)c(C)c(C#N)c1=O. The third-order valence-corrected chi connectivity index (χ3v) is 7.58. The molecule has 0 aliphatic carbocycles. The molecule has 1 amide bonds. The summed E-state index contributed by atoms with van der Waals surface area (Å²) in [5, 5.41) is 22.3. The van der Waals surface area contributed by atoms with Crippen LogP contribution in [0.4, 0.5) is 5.82 Å². The van der Waals surface area contributed by atoms with Gasteiger partial charge in [-0.15, -0.1) is 0 Å². The molecule has 10 nitrogen and oxygen atoms in total. The molecule has 0 saturated carbocycles. The number of benzene rings is 1. The van der Waals surface area contributed by atoms with E-state index in [-0.39, 0.29) is 14.8 Å². The number of hydrogen-bond acceptors (Lipinski definition) is 9. The number of thioether (sulfide) groups is 1. The highest BCUT2D eigenvalue weighted by Crippen LogP contribution is 2.35. The lowest BCUT2D eigenvalue weighted by molar-refractivity contribution is -0.140. The molecule has 0 spiro atoms. The third kappa shape index (κ3) is 6.61. The first-order valence-electron chi connectivity index (χ1n) is 12.3. The number of nitriles is 1. The van der Waals surface area contributed by atoms with Crippen molar-refractivity contribution in [1.29, 1.82) is 5.26 Å². The van der Waals surface area contributed by atoms with Crippen molar-refractivity contribution in [1.82, 2.24) is 9.47 Å². The van der Waals surface area contributed by atoms with E-state index in [0.717, 1.165) is 28.6 Å². The number of anilines is 1. The molecular formula is C27H30N4O6S2. The third-order valence-electron chi connectivity index (χ3n) is 6.21. The Labute approximate surface area is 236 Å². The van der Waals surface area contributed by atoms with Crippen molar-refractivity contribution >= 4 is 52.1 Å². The van der Waals surface area contributed by atoms with Crippen LogP contribution in [0.25, 0.3) is 6.08 Å². The number of carboxylic acids is 1. The molecule has 0 bridgehead atoms. The Balaban J connectivity index is 2.06. The molecule has 1 saturated heterocycles. The number of carboxylic acid groups (broad SMARTS) is 1. The Morgan fingerprint density at radius 3 is 2.59 bits per heavy atom. The molecule has 1 aliphatic heterocycles. The van der Waals surface area contributed by atoms with Crippen LogP contribution in [0.1, 0.15) is 42.0 Å². The predicted octanol–water partition coefficient (Wildman–Crippen LogP) is 3.79. The lowest BCUT2D eigenvalue weighted by Crippen LogP contribution is -2.33. The lowest BCUT2D eigenvalue weighted by atomic mass is 10.0. The fourth-order valence-electron chi connectivity index (χ4n) is 4.15. The number of ether oxygens (including phenoxy) is 2. The van der Waals surface area contributed by atoms with E-state index in [4.69, 9.17) is 26.8 Å². The highest BCUT2D eigenvalue weighted by molar-refractivity contribution is 8.26. The van der Waals surface area contributed by atoms with Crippen LogP contribution in [0.5, 0.6) is 11.5 Å². The van der Waals surface area contributed by atoms with Crippen molar-refractivity contribution in [2.75, 3.05) is 32.6 Å². The summed E-state index contributed by atoms with van der Waals surface area (Å²) in [5.41, 5.74) is 1.48. The van der Waals surface area contributed by atoms with Gasteiger partial charge in [0.2, 0.25) is 0 Å². The topological polar surface area (TPSA) is 134 Å². The van der Waals surface area contributed by atoms with Crippen molar-refractivity contribution < 1.29 is 24.2 Å². The van der Waals surface area contributed by atoms with Gasteiger partial charge in [-0.25, -0.2) is 0 Å². The zero-order valence-electron chi connectivity index (χ0n) is 22.2. The molecule has 1 aromatic heterocycles.